The number of halogens is 3. The highest BCUT2D eigenvalue weighted by Gasteiger charge is 2.34. The first-order chi connectivity index (χ1) is 10.9. The van der Waals surface area contributed by atoms with Crippen LogP contribution in [0.5, 0.6) is 0 Å². The summed E-state index contributed by atoms with van der Waals surface area (Å²) in [7, 11) is 0. The molecule has 1 amide bonds. The van der Waals surface area contributed by atoms with Crippen LogP contribution in [0.3, 0.4) is 0 Å². The molecule has 2 aromatic heterocycles. The predicted molar refractivity (Wildman–Crippen MR) is 75.6 cm³/mol. The average molecular weight is 324 g/mol. The molecule has 1 fully saturated rings. The van der Waals surface area contributed by atoms with E-state index in [0.29, 0.717) is 31.5 Å². The number of likely N-dealkylation sites (tertiary alicyclic amines) is 1. The van der Waals surface area contributed by atoms with Gasteiger partial charge in [0, 0.05) is 37.2 Å². The summed E-state index contributed by atoms with van der Waals surface area (Å²) in [6, 6.07) is 4.16. The Morgan fingerprint density at radius 2 is 1.78 bits per heavy atom. The van der Waals surface area contributed by atoms with Crippen LogP contribution in [0.1, 0.15) is 34.9 Å². The Balaban J connectivity index is 1.62. The molecule has 0 saturated carbocycles. The fourth-order valence-electron chi connectivity index (χ4n) is 2.70. The van der Waals surface area contributed by atoms with Gasteiger partial charge in [-0.25, -0.2) is 0 Å². The monoisotopic (exact) mass is 324 g/mol. The molecule has 5 nitrogen and oxygen atoms in total. The van der Waals surface area contributed by atoms with Crippen LogP contribution < -0.4 is 0 Å². The maximum atomic E-state index is 12.6. The fraction of sp³-hybridized carbons (Fsp3) is 0.400. The van der Waals surface area contributed by atoms with Gasteiger partial charge in [-0.3, -0.25) is 14.5 Å². The molecule has 0 atom stereocenters. The molecule has 1 aliphatic rings. The predicted octanol–water partition coefficient (Wildman–Crippen LogP) is 2.77. The second-order valence-corrected chi connectivity index (χ2v) is 5.44. The van der Waals surface area contributed by atoms with E-state index in [1.54, 1.807) is 29.4 Å². The highest BCUT2D eigenvalue weighted by Crippen LogP contribution is 2.29. The molecule has 23 heavy (non-hydrogen) atoms. The van der Waals surface area contributed by atoms with Crippen molar-refractivity contribution in [2.45, 2.75) is 25.1 Å². The van der Waals surface area contributed by atoms with Crippen LogP contribution in [0, 0.1) is 0 Å². The summed E-state index contributed by atoms with van der Waals surface area (Å²) in [6.45, 7) is 0.986. The zero-order valence-corrected chi connectivity index (χ0v) is 12.2. The Bertz CT molecular complexity index is 676. The summed E-state index contributed by atoms with van der Waals surface area (Å²) in [5.41, 5.74) is -0.315. The smallest absolute Gasteiger partial charge is 0.338 e. The van der Waals surface area contributed by atoms with Gasteiger partial charge in [0.1, 0.15) is 0 Å². The normalized spacial score (nSPS) is 16.6. The topological polar surface area (TPSA) is 51.0 Å². The first-order valence-electron chi connectivity index (χ1n) is 7.27. The van der Waals surface area contributed by atoms with Crippen LogP contribution in [0.2, 0.25) is 0 Å². The van der Waals surface area contributed by atoms with Crippen molar-refractivity contribution in [3.8, 4) is 0 Å². The zero-order chi connectivity index (χ0) is 16.4. The molecule has 0 aromatic carbocycles. The second-order valence-electron chi connectivity index (χ2n) is 5.44. The van der Waals surface area contributed by atoms with Crippen LogP contribution in [-0.4, -0.2) is 38.7 Å². The van der Waals surface area contributed by atoms with E-state index in [2.05, 4.69) is 10.1 Å². The minimum Gasteiger partial charge on any atom is -0.338 e. The Morgan fingerprint density at radius 1 is 1.13 bits per heavy atom. The van der Waals surface area contributed by atoms with E-state index in [0.717, 1.165) is 6.07 Å². The Labute approximate surface area is 130 Å². The lowest BCUT2D eigenvalue weighted by atomic mass is 10.0. The van der Waals surface area contributed by atoms with Crippen molar-refractivity contribution in [1.82, 2.24) is 19.7 Å². The van der Waals surface area contributed by atoms with Crippen molar-refractivity contribution < 1.29 is 18.0 Å². The van der Waals surface area contributed by atoms with E-state index in [1.165, 1.54) is 10.9 Å². The lowest BCUT2D eigenvalue weighted by molar-refractivity contribution is -0.141. The Kier molecular flexibility index (Phi) is 4.06. The maximum Gasteiger partial charge on any atom is 0.435 e. The minimum atomic E-state index is -4.43. The van der Waals surface area contributed by atoms with Gasteiger partial charge in [0.25, 0.3) is 5.91 Å². The largest absolute Gasteiger partial charge is 0.435 e. The fourth-order valence-corrected chi connectivity index (χ4v) is 2.70. The van der Waals surface area contributed by atoms with E-state index in [4.69, 9.17) is 0 Å². The number of piperidine rings is 1. The number of alkyl halides is 3. The summed E-state index contributed by atoms with van der Waals surface area (Å²) < 4.78 is 39.1. The molecule has 0 bridgehead atoms. The van der Waals surface area contributed by atoms with E-state index < -0.39 is 11.9 Å². The molecular formula is C15H15F3N4O. The molecule has 2 aromatic rings. The summed E-state index contributed by atoms with van der Waals surface area (Å²) in [5, 5.41) is 3.61. The molecule has 0 unspecified atom stereocenters. The SMILES string of the molecule is O=C(c1ccncc1)N1CCC(n2ccc(C(F)(F)F)n2)CC1. The van der Waals surface area contributed by atoms with Crippen LogP contribution in [-0.2, 0) is 6.18 Å². The van der Waals surface area contributed by atoms with Crippen molar-refractivity contribution in [1.29, 1.82) is 0 Å². The van der Waals surface area contributed by atoms with E-state index in [1.807, 2.05) is 0 Å². The maximum absolute atomic E-state index is 12.6. The first-order valence-corrected chi connectivity index (χ1v) is 7.27. The summed E-state index contributed by atoms with van der Waals surface area (Å²) in [6.07, 6.45) is 1.20. The molecule has 1 saturated heterocycles. The third-order valence-electron chi connectivity index (χ3n) is 3.95. The number of nitrogens with zero attached hydrogens (tertiary/aromatic N) is 4. The van der Waals surface area contributed by atoms with Crippen LogP contribution >= 0.6 is 0 Å². The van der Waals surface area contributed by atoms with E-state index in [9.17, 15) is 18.0 Å². The van der Waals surface area contributed by atoms with Gasteiger partial charge in [0.2, 0.25) is 0 Å². The third-order valence-corrected chi connectivity index (χ3v) is 3.95. The first kappa shape index (κ1) is 15.5. The van der Waals surface area contributed by atoms with Gasteiger partial charge in [-0.05, 0) is 31.0 Å². The van der Waals surface area contributed by atoms with Gasteiger partial charge in [-0.1, -0.05) is 0 Å². The molecule has 0 N–H and O–H groups in total. The van der Waals surface area contributed by atoms with Gasteiger partial charge in [-0.2, -0.15) is 18.3 Å². The van der Waals surface area contributed by atoms with Gasteiger partial charge >= 0.3 is 6.18 Å². The number of carbonyl (C=O) groups excluding carboxylic acids is 1. The number of rotatable bonds is 2. The molecule has 1 aliphatic heterocycles. The van der Waals surface area contributed by atoms with Gasteiger partial charge in [0.15, 0.2) is 5.69 Å². The van der Waals surface area contributed by atoms with E-state index >= 15 is 0 Å². The third kappa shape index (κ3) is 3.35. The molecular weight excluding hydrogens is 309 g/mol. The highest BCUT2D eigenvalue weighted by molar-refractivity contribution is 5.94. The van der Waals surface area contributed by atoms with E-state index in [-0.39, 0.29) is 11.9 Å². The van der Waals surface area contributed by atoms with Crippen molar-refractivity contribution in [2.24, 2.45) is 0 Å². The number of hydrogen-bond donors (Lipinski definition) is 0. The standard InChI is InChI=1S/C15H15F3N4O/c16-15(17,18)13-5-10-22(20-13)12-3-8-21(9-4-12)14(23)11-1-6-19-7-2-11/h1-2,5-7,10,12H,3-4,8-9H2. The number of aromatic nitrogens is 3. The molecule has 0 radical (unpaired) electrons. The Hall–Kier alpha value is -2.38. The molecule has 122 valence electrons. The minimum absolute atomic E-state index is 0.0812. The molecule has 0 aliphatic carbocycles. The number of pyridine rings is 1. The molecule has 8 heteroatoms. The summed E-state index contributed by atoms with van der Waals surface area (Å²) in [5.74, 6) is -0.0812. The van der Waals surface area contributed by atoms with Crippen molar-refractivity contribution >= 4 is 5.91 Å². The van der Waals surface area contributed by atoms with Crippen LogP contribution in [0.4, 0.5) is 13.2 Å². The zero-order valence-electron chi connectivity index (χ0n) is 12.2. The summed E-state index contributed by atoms with van der Waals surface area (Å²) >= 11 is 0. The van der Waals surface area contributed by atoms with Crippen LogP contribution in [0.25, 0.3) is 0 Å². The Morgan fingerprint density at radius 3 is 2.35 bits per heavy atom. The quantitative estimate of drug-likeness (QED) is 0.853. The lowest BCUT2D eigenvalue weighted by Crippen LogP contribution is -2.39. The lowest BCUT2D eigenvalue weighted by Gasteiger charge is -2.32. The average Bonchev–Trinajstić information content (AvgIpc) is 3.05. The molecule has 3 heterocycles. The second kappa shape index (κ2) is 6.02. The number of amides is 1. The van der Waals surface area contributed by atoms with Crippen LogP contribution in [0.15, 0.2) is 36.8 Å². The number of carbonyl (C=O) groups is 1. The van der Waals surface area contributed by atoms with Crippen molar-refractivity contribution in [3.63, 3.8) is 0 Å². The van der Waals surface area contributed by atoms with Gasteiger partial charge in [0.05, 0.1) is 6.04 Å². The molecule has 0 spiro atoms. The highest BCUT2D eigenvalue weighted by atomic mass is 19.4. The van der Waals surface area contributed by atoms with Gasteiger partial charge in [-0.15, -0.1) is 0 Å². The van der Waals surface area contributed by atoms with Gasteiger partial charge < -0.3 is 4.90 Å². The number of hydrogen-bond acceptors (Lipinski definition) is 3. The molecule has 3 rings (SSSR count). The summed E-state index contributed by atoms with van der Waals surface area (Å²) in [4.78, 5) is 17.9. The van der Waals surface area contributed by atoms with Crippen molar-refractivity contribution in [2.75, 3.05) is 13.1 Å². The van der Waals surface area contributed by atoms with Crippen molar-refractivity contribution in [3.05, 3.63) is 48.0 Å².